The van der Waals surface area contributed by atoms with Gasteiger partial charge < -0.3 is 10.2 Å². The highest BCUT2D eigenvalue weighted by Gasteiger charge is 2.25. The summed E-state index contributed by atoms with van der Waals surface area (Å²) in [6.07, 6.45) is 1.74. The Balaban J connectivity index is 1.34. The summed E-state index contributed by atoms with van der Waals surface area (Å²) in [7, 11) is 0. The fourth-order valence-electron chi connectivity index (χ4n) is 3.28. The van der Waals surface area contributed by atoms with Crippen LogP contribution in [0.5, 0.6) is 0 Å². The van der Waals surface area contributed by atoms with Crippen LogP contribution in [0.4, 0.5) is 16.0 Å². The van der Waals surface area contributed by atoms with E-state index in [-0.39, 0.29) is 11.5 Å². The number of H-pyrrole nitrogens is 1. The molecule has 3 aromatic rings. The Morgan fingerprint density at radius 1 is 1.10 bits per heavy atom. The van der Waals surface area contributed by atoms with Gasteiger partial charge in [0.25, 0.3) is 5.91 Å². The van der Waals surface area contributed by atoms with Crippen LogP contribution in [0.1, 0.15) is 16.1 Å². The summed E-state index contributed by atoms with van der Waals surface area (Å²) >= 11 is 3.14. The van der Waals surface area contributed by atoms with E-state index in [2.05, 4.69) is 41.3 Å². The smallest absolute Gasteiger partial charge is 0.256 e. The topological polar surface area (TPSA) is 77.2 Å². The number of rotatable bonds is 5. The van der Waals surface area contributed by atoms with Crippen LogP contribution in [0.25, 0.3) is 0 Å². The number of benzene rings is 1. The zero-order valence-electron chi connectivity index (χ0n) is 15.6. The monoisotopic (exact) mass is 458 g/mol. The van der Waals surface area contributed by atoms with Crippen molar-refractivity contribution in [1.82, 2.24) is 25.0 Å². The molecule has 1 aliphatic rings. The first kappa shape index (κ1) is 19.5. The van der Waals surface area contributed by atoms with Gasteiger partial charge in [0.15, 0.2) is 5.82 Å². The maximum absolute atomic E-state index is 14.2. The van der Waals surface area contributed by atoms with Gasteiger partial charge in [0, 0.05) is 45.0 Å². The Morgan fingerprint density at radius 3 is 2.66 bits per heavy atom. The van der Waals surface area contributed by atoms with Crippen molar-refractivity contribution in [3.05, 3.63) is 70.2 Å². The quantitative estimate of drug-likeness (QED) is 0.612. The lowest BCUT2D eigenvalue weighted by Crippen LogP contribution is -2.48. The van der Waals surface area contributed by atoms with E-state index in [0.29, 0.717) is 43.0 Å². The first-order valence-corrected chi connectivity index (χ1v) is 10.1. The zero-order valence-corrected chi connectivity index (χ0v) is 17.2. The number of aromatic nitrogens is 3. The molecule has 2 aromatic heterocycles. The molecule has 1 aliphatic heterocycles. The SMILES string of the molecule is O=C(c1cccc(Br)c1F)N1CCN(Cc2cccc(Nc3cc[nH]n3)n2)CC1. The number of amides is 1. The molecular formula is C20H20BrFN6O. The lowest BCUT2D eigenvalue weighted by molar-refractivity contribution is 0.0622. The maximum Gasteiger partial charge on any atom is 0.256 e. The van der Waals surface area contributed by atoms with E-state index in [0.717, 1.165) is 11.5 Å². The predicted octanol–water partition coefficient (Wildman–Crippen LogP) is 3.41. The number of nitrogens with zero attached hydrogens (tertiary/aromatic N) is 4. The van der Waals surface area contributed by atoms with Gasteiger partial charge in [-0.3, -0.25) is 14.8 Å². The van der Waals surface area contributed by atoms with Gasteiger partial charge in [-0.2, -0.15) is 5.10 Å². The number of carbonyl (C=O) groups excluding carboxylic acids is 1. The number of aromatic amines is 1. The molecule has 3 heterocycles. The molecule has 0 unspecified atom stereocenters. The zero-order chi connectivity index (χ0) is 20.2. The van der Waals surface area contributed by atoms with Gasteiger partial charge in [-0.05, 0) is 40.2 Å². The summed E-state index contributed by atoms with van der Waals surface area (Å²) in [6.45, 7) is 3.20. The Kier molecular flexibility index (Phi) is 5.86. The van der Waals surface area contributed by atoms with E-state index in [4.69, 9.17) is 0 Å². The number of halogens is 2. The highest BCUT2D eigenvalue weighted by atomic mass is 79.9. The lowest BCUT2D eigenvalue weighted by atomic mass is 10.1. The van der Waals surface area contributed by atoms with Gasteiger partial charge in [0.2, 0.25) is 0 Å². The number of piperazine rings is 1. The molecule has 0 spiro atoms. The third-order valence-corrected chi connectivity index (χ3v) is 5.40. The first-order chi connectivity index (χ1) is 14.1. The van der Waals surface area contributed by atoms with Gasteiger partial charge in [0.05, 0.1) is 15.7 Å². The Morgan fingerprint density at radius 2 is 1.90 bits per heavy atom. The second kappa shape index (κ2) is 8.71. The minimum Gasteiger partial charge on any atom is -0.336 e. The average molecular weight is 459 g/mol. The van der Waals surface area contributed by atoms with Crippen molar-refractivity contribution in [1.29, 1.82) is 0 Å². The van der Waals surface area contributed by atoms with E-state index in [9.17, 15) is 9.18 Å². The molecule has 0 atom stereocenters. The Hall–Kier alpha value is -2.78. The third kappa shape index (κ3) is 4.63. The van der Waals surface area contributed by atoms with Crippen LogP contribution in [0, 0.1) is 5.82 Å². The minimum absolute atomic E-state index is 0.103. The summed E-state index contributed by atoms with van der Waals surface area (Å²) < 4.78 is 14.5. The number of anilines is 2. The molecule has 1 saturated heterocycles. The average Bonchev–Trinajstić information content (AvgIpc) is 3.23. The summed E-state index contributed by atoms with van der Waals surface area (Å²) in [5.41, 5.74) is 1.04. The molecule has 7 nitrogen and oxygen atoms in total. The predicted molar refractivity (Wildman–Crippen MR) is 111 cm³/mol. The van der Waals surface area contributed by atoms with Crippen molar-refractivity contribution < 1.29 is 9.18 Å². The van der Waals surface area contributed by atoms with Gasteiger partial charge in [-0.1, -0.05) is 12.1 Å². The molecule has 0 saturated carbocycles. The van der Waals surface area contributed by atoms with E-state index >= 15 is 0 Å². The Bertz CT molecular complexity index is 988. The summed E-state index contributed by atoms with van der Waals surface area (Å²) in [5, 5.41) is 9.97. The molecule has 9 heteroatoms. The van der Waals surface area contributed by atoms with Crippen molar-refractivity contribution >= 4 is 33.5 Å². The van der Waals surface area contributed by atoms with Crippen molar-refractivity contribution in [2.75, 3.05) is 31.5 Å². The second-order valence-electron chi connectivity index (χ2n) is 6.77. The van der Waals surface area contributed by atoms with Crippen molar-refractivity contribution in [3.63, 3.8) is 0 Å². The molecule has 150 valence electrons. The summed E-state index contributed by atoms with van der Waals surface area (Å²) in [4.78, 5) is 21.2. The third-order valence-electron chi connectivity index (χ3n) is 4.79. The summed E-state index contributed by atoms with van der Waals surface area (Å²) in [5.74, 6) is 0.659. The molecule has 1 fully saturated rings. The van der Waals surface area contributed by atoms with Crippen LogP contribution >= 0.6 is 15.9 Å². The number of pyridine rings is 1. The lowest BCUT2D eigenvalue weighted by Gasteiger charge is -2.34. The van der Waals surface area contributed by atoms with Gasteiger partial charge in [-0.15, -0.1) is 0 Å². The molecular weight excluding hydrogens is 439 g/mol. The fourth-order valence-corrected chi connectivity index (χ4v) is 3.64. The van der Waals surface area contributed by atoms with Crippen molar-refractivity contribution in [3.8, 4) is 0 Å². The standard InChI is InChI=1S/C20H20BrFN6O/c21-16-5-2-4-15(19(16)22)20(29)28-11-9-27(10-12-28)13-14-3-1-6-17(24-14)25-18-7-8-23-26-18/h1-8H,9-13H2,(H2,23,24,25,26). The molecule has 4 rings (SSSR count). The van der Waals surface area contributed by atoms with Gasteiger partial charge in [0.1, 0.15) is 11.6 Å². The molecule has 0 aliphatic carbocycles. The largest absolute Gasteiger partial charge is 0.336 e. The van der Waals surface area contributed by atoms with Gasteiger partial charge >= 0.3 is 0 Å². The number of hydrogen-bond acceptors (Lipinski definition) is 5. The van der Waals surface area contributed by atoms with Crippen LogP contribution in [0.2, 0.25) is 0 Å². The van der Waals surface area contributed by atoms with Crippen LogP contribution in [-0.2, 0) is 6.54 Å². The van der Waals surface area contributed by atoms with E-state index in [1.807, 2.05) is 24.3 Å². The van der Waals surface area contributed by atoms with Crippen molar-refractivity contribution in [2.24, 2.45) is 0 Å². The van der Waals surface area contributed by atoms with Crippen LogP contribution < -0.4 is 5.32 Å². The van der Waals surface area contributed by atoms with Crippen LogP contribution in [0.15, 0.2) is 53.1 Å². The van der Waals surface area contributed by atoms with E-state index in [1.165, 1.54) is 6.07 Å². The normalized spacial score (nSPS) is 14.8. The van der Waals surface area contributed by atoms with Crippen LogP contribution in [-0.4, -0.2) is 57.1 Å². The molecule has 1 aromatic carbocycles. The van der Waals surface area contributed by atoms with Crippen LogP contribution in [0.3, 0.4) is 0 Å². The Labute approximate surface area is 176 Å². The second-order valence-corrected chi connectivity index (χ2v) is 7.62. The summed E-state index contributed by atoms with van der Waals surface area (Å²) in [6, 6.07) is 12.4. The molecule has 2 N–H and O–H groups in total. The van der Waals surface area contributed by atoms with Gasteiger partial charge in [-0.25, -0.2) is 9.37 Å². The highest BCUT2D eigenvalue weighted by molar-refractivity contribution is 9.10. The molecule has 0 radical (unpaired) electrons. The number of carbonyl (C=O) groups is 1. The van der Waals surface area contributed by atoms with Crippen molar-refractivity contribution in [2.45, 2.75) is 6.54 Å². The minimum atomic E-state index is -0.509. The fraction of sp³-hybridized carbons (Fsp3) is 0.250. The molecule has 1 amide bonds. The van der Waals surface area contributed by atoms with E-state index in [1.54, 1.807) is 23.2 Å². The highest BCUT2D eigenvalue weighted by Crippen LogP contribution is 2.21. The maximum atomic E-state index is 14.2. The number of hydrogen-bond donors (Lipinski definition) is 2. The molecule has 0 bridgehead atoms. The first-order valence-electron chi connectivity index (χ1n) is 9.28. The number of nitrogens with one attached hydrogen (secondary N) is 2. The van der Waals surface area contributed by atoms with E-state index < -0.39 is 5.82 Å². The molecule has 29 heavy (non-hydrogen) atoms.